The van der Waals surface area contributed by atoms with Crippen molar-refractivity contribution < 1.29 is 9.32 Å². The number of hydrogen-bond acceptors (Lipinski definition) is 4. The van der Waals surface area contributed by atoms with Gasteiger partial charge in [0.15, 0.2) is 5.69 Å². The first-order chi connectivity index (χ1) is 8.47. The molecule has 94 valence electrons. The summed E-state index contributed by atoms with van der Waals surface area (Å²) in [5.41, 5.74) is 6.48. The molecule has 5 nitrogen and oxygen atoms in total. The molecule has 7 heteroatoms. The first kappa shape index (κ1) is 12.7. The van der Waals surface area contributed by atoms with Crippen molar-refractivity contribution in [2.24, 2.45) is 0 Å². The molecule has 0 saturated heterocycles. The Morgan fingerprint density at radius 2 is 1.94 bits per heavy atom. The van der Waals surface area contributed by atoms with Gasteiger partial charge in [0, 0.05) is 11.8 Å². The number of hydrogen-bond donors (Lipinski definition) is 2. The van der Waals surface area contributed by atoms with Crippen LogP contribution in [-0.2, 0) is 0 Å². The zero-order chi connectivity index (χ0) is 13.3. The molecule has 1 heterocycles. The van der Waals surface area contributed by atoms with Crippen molar-refractivity contribution in [3.63, 3.8) is 0 Å². The van der Waals surface area contributed by atoms with E-state index in [-0.39, 0.29) is 21.4 Å². The van der Waals surface area contributed by atoms with E-state index < -0.39 is 5.91 Å². The van der Waals surface area contributed by atoms with Crippen LogP contribution >= 0.6 is 23.2 Å². The molecule has 18 heavy (non-hydrogen) atoms. The Morgan fingerprint density at radius 3 is 2.44 bits per heavy atom. The molecule has 1 amide bonds. The third-order valence-electron chi connectivity index (χ3n) is 2.20. The number of aromatic nitrogens is 1. The highest BCUT2D eigenvalue weighted by atomic mass is 35.5. The van der Waals surface area contributed by atoms with E-state index in [4.69, 9.17) is 33.5 Å². The summed E-state index contributed by atoms with van der Waals surface area (Å²) in [5.74, 6) is 0.136. The van der Waals surface area contributed by atoms with Gasteiger partial charge in [-0.25, -0.2) is 0 Å². The summed E-state index contributed by atoms with van der Waals surface area (Å²) < 4.78 is 4.81. The number of benzene rings is 1. The van der Waals surface area contributed by atoms with Gasteiger partial charge < -0.3 is 15.6 Å². The summed E-state index contributed by atoms with van der Waals surface area (Å²) in [6.07, 6.45) is 0. The van der Waals surface area contributed by atoms with E-state index in [1.54, 1.807) is 6.92 Å². The maximum absolute atomic E-state index is 11.8. The molecular formula is C11H9Cl2N3O2. The smallest absolute Gasteiger partial charge is 0.277 e. The number of carbonyl (C=O) groups excluding carboxylic acids is 1. The van der Waals surface area contributed by atoms with Crippen molar-refractivity contribution >= 4 is 40.5 Å². The number of halogens is 2. The number of amides is 1. The maximum atomic E-state index is 11.8. The lowest BCUT2D eigenvalue weighted by molar-refractivity contribution is 0.101. The van der Waals surface area contributed by atoms with Gasteiger partial charge >= 0.3 is 0 Å². The fourth-order valence-corrected chi connectivity index (χ4v) is 1.81. The van der Waals surface area contributed by atoms with Crippen molar-refractivity contribution in [2.75, 3.05) is 11.1 Å². The Hall–Kier alpha value is -1.72. The molecule has 0 unspecified atom stereocenters. The molecule has 0 aliphatic rings. The van der Waals surface area contributed by atoms with Crippen LogP contribution in [0, 0.1) is 6.92 Å². The lowest BCUT2D eigenvalue weighted by Gasteiger charge is -2.06. The van der Waals surface area contributed by atoms with Gasteiger partial charge in [0.05, 0.1) is 15.7 Å². The summed E-state index contributed by atoms with van der Waals surface area (Å²) in [6.45, 7) is 1.70. The fourth-order valence-electron chi connectivity index (χ4n) is 1.33. The van der Waals surface area contributed by atoms with E-state index in [0.717, 1.165) is 0 Å². The Morgan fingerprint density at radius 1 is 1.33 bits per heavy atom. The minimum atomic E-state index is -0.413. The molecule has 0 fully saturated rings. The second-order valence-electron chi connectivity index (χ2n) is 3.63. The predicted octanol–water partition coefficient (Wildman–Crippen LogP) is 3.12. The normalized spacial score (nSPS) is 10.4. The molecule has 1 aromatic carbocycles. The van der Waals surface area contributed by atoms with Crippen molar-refractivity contribution in [3.05, 3.63) is 39.7 Å². The van der Waals surface area contributed by atoms with Crippen molar-refractivity contribution in [3.8, 4) is 0 Å². The van der Waals surface area contributed by atoms with Gasteiger partial charge in [0.1, 0.15) is 5.76 Å². The van der Waals surface area contributed by atoms with Crippen LogP contribution in [0.1, 0.15) is 16.2 Å². The Bertz CT molecular complexity index is 587. The third kappa shape index (κ3) is 2.57. The molecule has 0 aliphatic carbocycles. The molecule has 0 atom stereocenters. The average Bonchev–Trinajstić information content (AvgIpc) is 2.72. The molecule has 0 saturated carbocycles. The first-order valence-corrected chi connectivity index (χ1v) is 5.72. The number of rotatable bonds is 2. The standard InChI is InChI=1S/C11H9Cl2N3O2/c1-5-2-9(16-18-5)11(17)15-6-3-7(12)10(14)8(13)4-6/h2-4H,14H2,1H3,(H,15,17). The average molecular weight is 286 g/mol. The molecule has 0 radical (unpaired) electrons. The van der Waals surface area contributed by atoms with E-state index in [9.17, 15) is 4.79 Å². The summed E-state index contributed by atoms with van der Waals surface area (Å²) >= 11 is 11.7. The lowest BCUT2D eigenvalue weighted by atomic mass is 10.2. The second-order valence-corrected chi connectivity index (χ2v) is 4.44. The largest absolute Gasteiger partial charge is 0.396 e. The molecule has 3 N–H and O–H groups in total. The van der Waals surface area contributed by atoms with Crippen LogP contribution in [0.25, 0.3) is 0 Å². The van der Waals surface area contributed by atoms with Crippen molar-refractivity contribution in [2.45, 2.75) is 6.92 Å². The van der Waals surface area contributed by atoms with E-state index in [2.05, 4.69) is 10.5 Å². The summed E-state index contributed by atoms with van der Waals surface area (Å²) in [7, 11) is 0. The molecule has 2 rings (SSSR count). The summed E-state index contributed by atoms with van der Waals surface area (Å²) in [6, 6.07) is 4.54. The predicted molar refractivity (Wildman–Crippen MR) is 70.1 cm³/mol. The highest BCUT2D eigenvalue weighted by molar-refractivity contribution is 6.39. The van der Waals surface area contributed by atoms with Gasteiger partial charge in [-0.1, -0.05) is 28.4 Å². The summed E-state index contributed by atoms with van der Waals surface area (Å²) in [5, 5.41) is 6.74. The topological polar surface area (TPSA) is 81.2 Å². The van der Waals surface area contributed by atoms with Gasteiger partial charge in [-0.2, -0.15) is 0 Å². The highest BCUT2D eigenvalue weighted by Crippen LogP contribution is 2.31. The minimum Gasteiger partial charge on any atom is -0.396 e. The number of nitrogens with two attached hydrogens (primary N) is 1. The van der Waals surface area contributed by atoms with E-state index in [1.165, 1.54) is 18.2 Å². The highest BCUT2D eigenvalue weighted by Gasteiger charge is 2.12. The van der Waals surface area contributed by atoms with Crippen LogP contribution in [0.5, 0.6) is 0 Å². The zero-order valence-corrected chi connectivity index (χ0v) is 10.8. The van der Waals surface area contributed by atoms with Crippen LogP contribution in [-0.4, -0.2) is 11.1 Å². The number of nitrogens with zero attached hydrogens (tertiary/aromatic N) is 1. The zero-order valence-electron chi connectivity index (χ0n) is 9.33. The van der Waals surface area contributed by atoms with Crippen molar-refractivity contribution in [1.82, 2.24) is 5.16 Å². The van der Waals surface area contributed by atoms with Gasteiger partial charge in [-0.15, -0.1) is 0 Å². The third-order valence-corrected chi connectivity index (χ3v) is 2.82. The quantitative estimate of drug-likeness (QED) is 0.831. The van der Waals surface area contributed by atoms with Crippen molar-refractivity contribution in [1.29, 1.82) is 0 Å². The number of carbonyl (C=O) groups is 1. The number of nitrogens with one attached hydrogen (secondary N) is 1. The van der Waals surface area contributed by atoms with Gasteiger partial charge in [0.25, 0.3) is 5.91 Å². The van der Waals surface area contributed by atoms with E-state index in [0.29, 0.717) is 11.4 Å². The number of nitrogen functional groups attached to an aromatic ring is 1. The van der Waals surface area contributed by atoms with Gasteiger partial charge in [-0.05, 0) is 19.1 Å². The lowest BCUT2D eigenvalue weighted by Crippen LogP contribution is -2.12. The van der Waals surface area contributed by atoms with E-state index in [1.807, 2.05) is 0 Å². The van der Waals surface area contributed by atoms with Crippen LogP contribution in [0.4, 0.5) is 11.4 Å². The molecule has 1 aromatic heterocycles. The molecule has 0 spiro atoms. The molecule has 0 aliphatic heterocycles. The minimum absolute atomic E-state index is 0.177. The Balaban J connectivity index is 2.22. The number of aryl methyl sites for hydroxylation is 1. The Kier molecular flexibility index (Phi) is 3.45. The summed E-state index contributed by atoms with van der Waals surface area (Å²) in [4.78, 5) is 11.8. The van der Waals surface area contributed by atoms with Crippen LogP contribution < -0.4 is 11.1 Å². The number of anilines is 2. The first-order valence-electron chi connectivity index (χ1n) is 4.96. The SMILES string of the molecule is Cc1cc(C(=O)Nc2cc(Cl)c(N)c(Cl)c2)no1. The van der Waals surface area contributed by atoms with Gasteiger partial charge in [0.2, 0.25) is 0 Å². The van der Waals surface area contributed by atoms with Crippen LogP contribution in [0.3, 0.4) is 0 Å². The Labute approximate surface area is 113 Å². The molecule has 0 bridgehead atoms. The van der Waals surface area contributed by atoms with Crippen LogP contribution in [0.15, 0.2) is 22.7 Å². The molecular weight excluding hydrogens is 277 g/mol. The molecule has 2 aromatic rings. The fraction of sp³-hybridized carbons (Fsp3) is 0.0909. The van der Waals surface area contributed by atoms with Crippen LogP contribution in [0.2, 0.25) is 10.0 Å². The monoisotopic (exact) mass is 285 g/mol. The maximum Gasteiger partial charge on any atom is 0.277 e. The second kappa shape index (κ2) is 4.88. The van der Waals surface area contributed by atoms with Gasteiger partial charge in [-0.3, -0.25) is 4.79 Å². The van der Waals surface area contributed by atoms with E-state index >= 15 is 0 Å².